The topological polar surface area (TPSA) is 51.2 Å². The summed E-state index contributed by atoms with van der Waals surface area (Å²) in [5, 5.41) is 0. The van der Waals surface area contributed by atoms with E-state index in [-0.39, 0.29) is 36.3 Å². The first-order chi connectivity index (χ1) is 10.9. The highest BCUT2D eigenvalue weighted by Crippen LogP contribution is 2.17. The molecule has 2 rings (SSSR count). The van der Waals surface area contributed by atoms with E-state index in [1.54, 1.807) is 0 Å². The van der Waals surface area contributed by atoms with E-state index in [2.05, 4.69) is 37.5 Å². The van der Waals surface area contributed by atoms with Gasteiger partial charge in [0.05, 0.1) is 37.4 Å². The average Bonchev–Trinajstić information content (AvgIpc) is 2.43. The van der Waals surface area contributed by atoms with Gasteiger partial charge in [-0.05, 0) is 27.7 Å². The quantitative estimate of drug-likeness (QED) is 0.702. The zero-order chi connectivity index (χ0) is 17.0. The van der Waals surface area contributed by atoms with Gasteiger partial charge in [0.15, 0.2) is 0 Å². The van der Waals surface area contributed by atoms with Crippen LogP contribution >= 0.6 is 0 Å². The summed E-state index contributed by atoms with van der Waals surface area (Å²) >= 11 is 0. The largest absolute Gasteiger partial charge is 0.469 e. The van der Waals surface area contributed by atoms with Gasteiger partial charge in [-0.15, -0.1) is 0 Å². The highest BCUT2D eigenvalue weighted by atomic mass is 16.5. The fourth-order valence-electron chi connectivity index (χ4n) is 3.86. The van der Waals surface area contributed by atoms with Crippen LogP contribution in [0.25, 0.3) is 0 Å². The number of morpholine rings is 2. The van der Waals surface area contributed by atoms with Gasteiger partial charge in [-0.1, -0.05) is 0 Å². The smallest absolute Gasteiger partial charge is 0.311 e. The summed E-state index contributed by atoms with van der Waals surface area (Å²) in [7, 11) is 1.48. The molecule has 4 atom stereocenters. The molecule has 0 unspecified atom stereocenters. The van der Waals surface area contributed by atoms with Crippen molar-refractivity contribution in [1.29, 1.82) is 0 Å². The molecule has 6 heteroatoms. The van der Waals surface area contributed by atoms with Crippen LogP contribution in [0.4, 0.5) is 0 Å². The summed E-state index contributed by atoms with van der Waals surface area (Å²) in [4.78, 5) is 16.9. The maximum atomic E-state index is 12.2. The molecule has 0 saturated carbocycles. The zero-order valence-corrected chi connectivity index (χ0v) is 15.2. The van der Waals surface area contributed by atoms with Gasteiger partial charge in [-0.25, -0.2) is 0 Å². The molecule has 2 saturated heterocycles. The van der Waals surface area contributed by atoms with E-state index in [0.29, 0.717) is 0 Å². The second-order valence-electron chi connectivity index (χ2n) is 7.17. The lowest BCUT2D eigenvalue weighted by Gasteiger charge is -2.39. The minimum atomic E-state index is -0.130. The minimum Gasteiger partial charge on any atom is -0.469 e. The van der Waals surface area contributed by atoms with Gasteiger partial charge in [0.1, 0.15) is 0 Å². The van der Waals surface area contributed by atoms with Crippen molar-refractivity contribution in [2.75, 3.05) is 46.4 Å². The van der Waals surface area contributed by atoms with E-state index in [0.717, 1.165) is 39.3 Å². The lowest BCUT2D eigenvalue weighted by molar-refractivity contribution is -0.150. The number of rotatable bonds is 5. The summed E-state index contributed by atoms with van der Waals surface area (Å²) in [5.74, 6) is -0.251. The molecule has 2 fully saturated rings. The van der Waals surface area contributed by atoms with Crippen LogP contribution in [-0.4, -0.2) is 86.6 Å². The lowest BCUT2D eigenvalue weighted by Crippen LogP contribution is -2.52. The van der Waals surface area contributed by atoms with Gasteiger partial charge < -0.3 is 14.2 Å². The van der Waals surface area contributed by atoms with E-state index in [4.69, 9.17) is 14.2 Å². The van der Waals surface area contributed by atoms with Crippen LogP contribution in [0.2, 0.25) is 0 Å². The third-order valence-corrected chi connectivity index (χ3v) is 4.48. The Hall–Kier alpha value is -0.690. The average molecular weight is 328 g/mol. The van der Waals surface area contributed by atoms with E-state index >= 15 is 0 Å². The highest BCUT2D eigenvalue weighted by Gasteiger charge is 2.31. The number of esters is 1. The molecule has 0 spiro atoms. The molecular formula is C17H32N2O4. The Kier molecular flexibility index (Phi) is 6.83. The first-order valence-electron chi connectivity index (χ1n) is 8.70. The molecule has 0 N–H and O–H groups in total. The molecule has 0 aliphatic carbocycles. The fourth-order valence-corrected chi connectivity index (χ4v) is 3.86. The minimum absolute atomic E-state index is 0.122. The van der Waals surface area contributed by atoms with Crippen molar-refractivity contribution in [2.24, 2.45) is 5.92 Å². The van der Waals surface area contributed by atoms with Gasteiger partial charge in [0.25, 0.3) is 0 Å². The standard InChI is InChI=1S/C17H32N2O4/c1-12-6-18(7-13(2)22-12)10-16(17(20)21-5)11-19-8-14(3)23-15(4)9-19/h12-16H,6-11H2,1-5H3/t12-,13-,14-,15-/m0/s1. The molecule has 0 bridgehead atoms. The molecule has 0 amide bonds. The van der Waals surface area contributed by atoms with Crippen molar-refractivity contribution in [3.63, 3.8) is 0 Å². The fraction of sp³-hybridized carbons (Fsp3) is 0.941. The molecule has 0 radical (unpaired) electrons. The summed E-state index contributed by atoms with van der Waals surface area (Å²) < 4.78 is 16.6. The maximum absolute atomic E-state index is 12.2. The molecule has 134 valence electrons. The number of hydrogen-bond donors (Lipinski definition) is 0. The highest BCUT2D eigenvalue weighted by molar-refractivity contribution is 5.72. The van der Waals surface area contributed by atoms with Gasteiger partial charge in [0, 0.05) is 39.3 Å². The van der Waals surface area contributed by atoms with E-state index < -0.39 is 0 Å². The predicted molar refractivity (Wildman–Crippen MR) is 88.4 cm³/mol. The molecule has 2 aliphatic rings. The van der Waals surface area contributed by atoms with Crippen molar-refractivity contribution in [3.8, 4) is 0 Å². The summed E-state index contributed by atoms with van der Waals surface area (Å²) in [5.41, 5.74) is 0. The van der Waals surface area contributed by atoms with Crippen LogP contribution in [-0.2, 0) is 19.0 Å². The number of ether oxygens (including phenoxy) is 3. The first-order valence-corrected chi connectivity index (χ1v) is 8.70. The van der Waals surface area contributed by atoms with Gasteiger partial charge in [-0.2, -0.15) is 0 Å². The monoisotopic (exact) mass is 328 g/mol. The molecule has 0 aromatic rings. The van der Waals surface area contributed by atoms with E-state index in [1.165, 1.54) is 7.11 Å². The van der Waals surface area contributed by atoms with Crippen LogP contribution < -0.4 is 0 Å². The van der Waals surface area contributed by atoms with Gasteiger partial charge in [0.2, 0.25) is 0 Å². The number of carbonyl (C=O) groups is 1. The van der Waals surface area contributed by atoms with Gasteiger partial charge >= 0.3 is 5.97 Å². The molecule has 23 heavy (non-hydrogen) atoms. The van der Waals surface area contributed by atoms with Crippen LogP contribution in [0.15, 0.2) is 0 Å². The third-order valence-electron chi connectivity index (χ3n) is 4.48. The maximum Gasteiger partial charge on any atom is 0.311 e. The van der Waals surface area contributed by atoms with Crippen molar-refractivity contribution in [2.45, 2.75) is 52.1 Å². The van der Waals surface area contributed by atoms with Crippen LogP contribution in [0.1, 0.15) is 27.7 Å². The summed E-state index contributed by atoms with van der Waals surface area (Å²) in [6, 6.07) is 0. The van der Waals surface area contributed by atoms with Crippen LogP contribution in [0, 0.1) is 5.92 Å². The Morgan fingerprint density at radius 2 is 1.26 bits per heavy atom. The van der Waals surface area contributed by atoms with Gasteiger partial charge in [-0.3, -0.25) is 14.6 Å². The molecule has 0 aromatic carbocycles. The normalized spacial score (nSPS) is 33.8. The Morgan fingerprint density at radius 1 is 0.913 bits per heavy atom. The van der Waals surface area contributed by atoms with Crippen molar-refractivity contribution in [3.05, 3.63) is 0 Å². The molecule has 2 aliphatic heterocycles. The van der Waals surface area contributed by atoms with Crippen LogP contribution in [0.3, 0.4) is 0 Å². The van der Waals surface area contributed by atoms with Crippen molar-refractivity contribution >= 4 is 5.97 Å². The molecule has 2 heterocycles. The molecule has 6 nitrogen and oxygen atoms in total. The summed E-state index contributed by atoms with van der Waals surface area (Å²) in [6.07, 6.45) is 0.835. The molecule has 0 aromatic heterocycles. The van der Waals surface area contributed by atoms with E-state index in [1.807, 2.05) is 0 Å². The predicted octanol–water partition coefficient (Wildman–Crippen LogP) is 0.994. The van der Waals surface area contributed by atoms with Crippen LogP contribution in [0.5, 0.6) is 0 Å². The Morgan fingerprint density at radius 3 is 1.57 bits per heavy atom. The van der Waals surface area contributed by atoms with Crippen molar-refractivity contribution in [1.82, 2.24) is 9.80 Å². The second kappa shape index (κ2) is 8.42. The lowest BCUT2D eigenvalue weighted by atomic mass is 10.1. The third kappa shape index (κ3) is 5.71. The number of methoxy groups -OCH3 is 1. The Balaban J connectivity index is 1.95. The Labute approximate surface area is 140 Å². The second-order valence-corrected chi connectivity index (χ2v) is 7.17. The number of nitrogens with zero attached hydrogens (tertiary/aromatic N) is 2. The van der Waals surface area contributed by atoms with E-state index in [9.17, 15) is 4.79 Å². The van der Waals surface area contributed by atoms with Crippen molar-refractivity contribution < 1.29 is 19.0 Å². The Bertz CT molecular complexity index is 345. The molecular weight excluding hydrogens is 296 g/mol. The first kappa shape index (κ1) is 18.6. The zero-order valence-electron chi connectivity index (χ0n) is 15.2. The SMILES string of the molecule is COC(=O)C(CN1C[C@H](C)O[C@@H](C)C1)CN1C[C@H](C)O[C@@H](C)C1. The number of carbonyl (C=O) groups excluding carboxylic acids is 1. The summed E-state index contributed by atoms with van der Waals surface area (Å²) in [6.45, 7) is 13.3. The number of hydrogen-bond acceptors (Lipinski definition) is 6.